The van der Waals surface area contributed by atoms with E-state index in [9.17, 15) is 9.59 Å². The summed E-state index contributed by atoms with van der Waals surface area (Å²) in [5.41, 5.74) is 2.46. The predicted molar refractivity (Wildman–Crippen MR) is 105 cm³/mol. The number of carbonyl (C=O) groups is 2. The molecule has 0 heterocycles. The number of carbonyl (C=O) groups excluding carboxylic acids is 1. The minimum absolute atomic E-state index is 0.0235. The van der Waals surface area contributed by atoms with Gasteiger partial charge in [-0.25, -0.2) is 0 Å². The lowest BCUT2D eigenvalue weighted by molar-refractivity contribution is -0.137. The molecule has 0 amide bonds. The molecule has 0 aliphatic carbocycles. The SMILES string of the molecule is CSc1ccc(C(=O)c2cc(CCCCC(=O)O)cc(SC)c2)cc1. The summed E-state index contributed by atoms with van der Waals surface area (Å²) in [5.74, 6) is -0.738. The quantitative estimate of drug-likeness (QED) is 0.373. The van der Waals surface area contributed by atoms with Gasteiger partial charge in [-0.05, 0) is 79.8 Å². The first-order chi connectivity index (χ1) is 12.0. The number of hydrogen-bond acceptors (Lipinski definition) is 4. The molecular weight excluding hydrogens is 352 g/mol. The van der Waals surface area contributed by atoms with Crippen LogP contribution in [0.3, 0.4) is 0 Å². The first kappa shape index (κ1) is 19.6. The van der Waals surface area contributed by atoms with Gasteiger partial charge < -0.3 is 5.11 Å². The number of benzene rings is 2. The maximum Gasteiger partial charge on any atom is 0.303 e. The fourth-order valence-electron chi connectivity index (χ4n) is 2.57. The second-order valence-electron chi connectivity index (χ2n) is 5.73. The molecule has 2 aromatic carbocycles. The summed E-state index contributed by atoms with van der Waals surface area (Å²) in [6.07, 6.45) is 6.43. The van der Waals surface area contributed by atoms with Gasteiger partial charge in [-0.2, -0.15) is 0 Å². The van der Waals surface area contributed by atoms with Crippen LogP contribution >= 0.6 is 23.5 Å². The van der Waals surface area contributed by atoms with Gasteiger partial charge in [0.05, 0.1) is 0 Å². The van der Waals surface area contributed by atoms with Crippen molar-refractivity contribution in [3.05, 3.63) is 59.2 Å². The predicted octanol–water partition coefficient (Wildman–Crippen LogP) is 5.16. The normalized spacial score (nSPS) is 10.6. The molecule has 0 saturated carbocycles. The standard InChI is InChI=1S/C20H22O3S2/c1-24-17-9-7-15(8-10-17)20(23)16-11-14(12-18(13-16)25-2)5-3-4-6-19(21)22/h7-13H,3-6H2,1-2H3,(H,21,22). The van der Waals surface area contributed by atoms with E-state index in [1.165, 1.54) is 0 Å². The summed E-state index contributed by atoms with van der Waals surface area (Å²) in [6.45, 7) is 0. The Hall–Kier alpha value is -1.72. The van der Waals surface area contributed by atoms with E-state index in [1.807, 2.05) is 48.9 Å². The van der Waals surface area contributed by atoms with Gasteiger partial charge in [0.1, 0.15) is 0 Å². The smallest absolute Gasteiger partial charge is 0.303 e. The number of unbranched alkanes of at least 4 members (excludes halogenated alkanes) is 1. The zero-order valence-corrected chi connectivity index (χ0v) is 16.1. The van der Waals surface area contributed by atoms with Gasteiger partial charge in [0.2, 0.25) is 0 Å². The number of hydrogen-bond donors (Lipinski definition) is 1. The molecule has 3 nitrogen and oxygen atoms in total. The highest BCUT2D eigenvalue weighted by atomic mass is 32.2. The average molecular weight is 375 g/mol. The first-order valence-corrected chi connectivity index (χ1v) is 10.6. The van der Waals surface area contributed by atoms with E-state index < -0.39 is 5.97 Å². The van der Waals surface area contributed by atoms with Crippen molar-refractivity contribution in [3.8, 4) is 0 Å². The Bertz CT molecular complexity index is 739. The van der Waals surface area contributed by atoms with Crippen LogP contribution in [0.15, 0.2) is 52.3 Å². The van der Waals surface area contributed by atoms with Gasteiger partial charge in [-0.1, -0.05) is 0 Å². The number of carboxylic acids is 1. The molecule has 0 fully saturated rings. The lowest BCUT2D eigenvalue weighted by Gasteiger charge is -2.09. The van der Waals surface area contributed by atoms with E-state index in [4.69, 9.17) is 5.11 Å². The van der Waals surface area contributed by atoms with E-state index in [-0.39, 0.29) is 12.2 Å². The summed E-state index contributed by atoms with van der Waals surface area (Å²) in [5, 5.41) is 8.72. The van der Waals surface area contributed by atoms with Crippen LogP contribution in [0.4, 0.5) is 0 Å². The van der Waals surface area contributed by atoms with Crippen molar-refractivity contribution in [2.45, 2.75) is 35.5 Å². The maximum absolute atomic E-state index is 12.8. The van der Waals surface area contributed by atoms with Gasteiger partial charge in [-0.3, -0.25) is 9.59 Å². The monoisotopic (exact) mass is 374 g/mol. The van der Waals surface area contributed by atoms with Crippen molar-refractivity contribution < 1.29 is 14.7 Å². The molecule has 1 N–H and O–H groups in total. The van der Waals surface area contributed by atoms with Crippen molar-refractivity contribution in [3.63, 3.8) is 0 Å². The molecule has 0 aliphatic heterocycles. The molecule has 2 aromatic rings. The molecule has 0 spiro atoms. The number of thioether (sulfide) groups is 2. The molecule has 25 heavy (non-hydrogen) atoms. The van der Waals surface area contributed by atoms with E-state index >= 15 is 0 Å². The van der Waals surface area contributed by atoms with E-state index in [0.29, 0.717) is 17.5 Å². The first-order valence-electron chi connectivity index (χ1n) is 8.12. The topological polar surface area (TPSA) is 54.4 Å². The molecule has 0 atom stereocenters. The Labute approximate surface area is 157 Å². The molecule has 132 valence electrons. The van der Waals surface area contributed by atoms with Crippen molar-refractivity contribution >= 4 is 35.3 Å². The Balaban J connectivity index is 2.16. The van der Waals surface area contributed by atoms with E-state index in [1.54, 1.807) is 23.5 Å². The highest BCUT2D eigenvalue weighted by Crippen LogP contribution is 2.23. The number of aryl methyl sites for hydroxylation is 1. The molecule has 2 rings (SSSR count). The van der Waals surface area contributed by atoms with Crippen LogP contribution < -0.4 is 0 Å². The summed E-state index contributed by atoms with van der Waals surface area (Å²) in [4.78, 5) is 25.6. The van der Waals surface area contributed by atoms with Crippen molar-refractivity contribution in [2.75, 3.05) is 12.5 Å². The molecule has 0 radical (unpaired) electrons. The highest BCUT2D eigenvalue weighted by molar-refractivity contribution is 7.98. The van der Waals surface area contributed by atoms with Crippen LogP contribution in [0, 0.1) is 0 Å². The minimum atomic E-state index is -0.762. The van der Waals surface area contributed by atoms with Gasteiger partial charge in [-0.15, -0.1) is 23.5 Å². The zero-order chi connectivity index (χ0) is 18.2. The number of ketones is 1. The summed E-state index contributed by atoms with van der Waals surface area (Å²) in [6, 6.07) is 13.6. The second kappa shape index (κ2) is 9.68. The molecule has 0 bridgehead atoms. The number of carboxylic acid groups (broad SMARTS) is 1. The lowest BCUT2D eigenvalue weighted by Crippen LogP contribution is -2.03. The van der Waals surface area contributed by atoms with Crippen LogP contribution in [0.1, 0.15) is 40.7 Å². The Morgan fingerprint density at radius 1 is 0.880 bits per heavy atom. The largest absolute Gasteiger partial charge is 0.481 e. The third-order valence-electron chi connectivity index (χ3n) is 3.92. The fraction of sp³-hybridized carbons (Fsp3) is 0.300. The van der Waals surface area contributed by atoms with Gasteiger partial charge in [0.25, 0.3) is 0 Å². The molecular formula is C20H22O3S2. The van der Waals surface area contributed by atoms with Crippen molar-refractivity contribution in [1.29, 1.82) is 0 Å². The third kappa shape index (κ3) is 5.94. The molecule has 0 unspecified atom stereocenters. The van der Waals surface area contributed by atoms with Crippen LogP contribution in [-0.2, 0) is 11.2 Å². The summed E-state index contributed by atoms with van der Waals surface area (Å²) in [7, 11) is 0. The highest BCUT2D eigenvalue weighted by Gasteiger charge is 2.12. The fourth-order valence-corrected chi connectivity index (χ4v) is 3.49. The third-order valence-corrected chi connectivity index (χ3v) is 5.37. The maximum atomic E-state index is 12.8. The molecule has 0 saturated heterocycles. The van der Waals surface area contributed by atoms with Crippen molar-refractivity contribution in [1.82, 2.24) is 0 Å². The van der Waals surface area contributed by atoms with E-state index in [2.05, 4.69) is 6.07 Å². The Morgan fingerprint density at radius 2 is 1.56 bits per heavy atom. The molecule has 0 aromatic heterocycles. The zero-order valence-electron chi connectivity index (χ0n) is 14.5. The van der Waals surface area contributed by atoms with Gasteiger partial charge in [0, 0.05) is 27.3 Å². The van der Waals surface area contributed by atoms with Crippen LogP contribution in [0.5, 0.6) is 0 Å². The van der Waals surface area contributed by atoms with Crippen molar-refractivity contribution in [2.24, 2.45) is 0 Å². The number of aliphatic carboxylic acids is 1. The summed E-state index contributed by atoms with van der Waals surface area (Å²) < 4.78 is 0. The molecule has 5 heteroatoms. The van der Waals surface area contributed by atoms with Crippen LogP contribution in [-0.4, -0.2) is 29.4 Å². The average Bonchev–Trinajstić information content (AvgIpc) is 2.64. The minimum Gasteiger partial charge on any atom is -0.481 e. The number of rotatable bonds is 9. The second-order valence-corrected chi connectivity index (χ2v) is 7.49. The lowest BCUT2D eigenvalue weighted by atomic mass is 9.99. The van der Waals surface area contributed by atoms with Gasteiger partial charge >= 0.3 is 5.97 Å². The van der Waals surface area contributed by atoms with Crippen LogP contribution in [0.25, 0.3) is 0 Å². The Kier molecular flexibility index (Phi) is 7.59. The van der Waals surface area contributed by atoms with Crippen LogP contribution in [0.2, 0.25) is 0 Å². The van der Waals surface area contributed by atoms with Gasteiger partial charge in [0.15, 0.2) is 5.78 Å². The Morgan fingerprint density at radius 3 is 2.16 bits per heavy atom. The summed E-state index contributed by atoms with van der Waals surface area (Å²) >= 11 is 3.26. The van der Waals surface area contributed by atoms with E-state index in [0.717, 1.165) is 28.2 Å². The molecule has 0 aliphatic rings.